The van der Waals surface area contributed by atoms with Crippen LogP contribution in [0.3, 0.4) is 0 Å². The highest BCUT2D eigenvalue weighted by atomic mass is 35.5. The van der Waals surface area contributed by atoms with Crippen LogP contribution in [0.15, 0.2) is 30.6 Å². The molecule has 108 valence electrons. The van der Waals surface area contributed by atoms with Gasteiger partial charge in [-0.05, 0) is 35.9 Å². The molecule has 3 aromatic rings. The molecule has 0 unspecified atom stereocenters. The van der Waals surface area contributed by atoms with Gasteiger partial charge in [0.15, 0.2) is 11.5 Å². The molecule has 0 radical (unpaired) electrons. The highest BCUT2D eigenvalue weighted by Crippen LogP contribution is 2.24. The van der Waals surface area contributed by atoms with E-state index >= 15 is 0 Å². The third-order valence-corrected chi connectivity index (χ3v) is 2.77. The third kappa shape index (κ3) is 3.00. The minimum Gasteiger partial charge on any atom is -0.435 e. The van der Waals surface area contributed by atoms with Crippen LogP contribution in [0.5, 0.6) is 5.75 Å². The van der Waals surface area contributed by atoms with Gasteiger partial charge in [0.2, 0.25) is 5.28 Å². The normalized spacial score (nSPS) is 11.0. The fourth-order valence-electron chi connectivity index (χ4n) is 1.75. The van der Waals surface area contributed by atoms with Crippen LogP contribution in [0.25, 0.3) is 11.2 Å². The summed E-state index contributed by atoms with van der Waals surface area (Å²) in [6.07, 6.45) is 1.47. The Morgan fingerprint density at radius 1 is 1.19 bits per heavy atom. The van der Waals surface area contributed by atoms with Crippen LogP contribution >= 0.6 is 11.6 Å². The second-order valence-electron chi connectivity index (χ2n) is 3.97. The summed E-state index contributed by atoms with van der Waals surface area (Å²) in [6.45, 7) is -2.85. The van der Waals surface area contributed by atoms with Gasteiger partial charge in [0.05, 0.1) is 6.33 Å². The number of H-pyrrole nitrogens is 1. The van der Waals surface area contributed by atoms with Crippen molar-refractivity contribution < 1.29 is 13.5 Å². The molecule has 0 bridgehead atoms. The molecular formula is C12H8ClF2N5O. The number of fused-ring (bicyclic) bond motifs is 1. The average Bonchev–Trinajstić information content (AvgIpc) is 2.88. The summed E-state index contributed by atoms with van der Waals surface area (Å²) in [5.41, 5.74) is 1.64. The maximum Gasteiger partial charge on any atom is 0.387 e. The largest absolute Gasteiger partial charge is 0.435 e. The van der Waals surface area contributed by atoms with Gasteiger partial charge in [-0.2, -0.15) is 18.7 Å². The van der Waals surface area contributed by atoms with Crippen LogP contribution in [0.1, 0.15) is 0 Å². The van der Waals surface area contributed by atoms with E-state index in [-0.39, 0.29) is 11.0 Å². The molecule has 1 aromatic carbocycles. The maximum absolute atomic E-state index is 12.1. The van der Waals surface area contributed by atoms with E-state index in [0.717, 1.165) is 0 Å². The molecule has 2 heterocycles. The van der Waals surface area contributed by atoms with Crippen molar-refractivity contribution in [2.24, 2.45) is 0 Å². The van der Waals surface area contributed by atoms with Gasteiger partial charge in [-0.1, -0.05) is 0 Å². The standard InChI is InChI=1S/C12H8ClF2N5O/c13-11-19-9-8(16-5-17-9)10(20-11)18-6-1-3-7(4-2-6)21-12(14)15/h1-5,12H,(H2,16,17,18,19,20). The van der Waals surface area contributed by atoms with Crippen molar-refractivity contribution in [3.63, 3.8) is 0 Å². The average molecular weight is 312 g/mol. The Bertz CT molecular complexity index is 762. The first-order chi connectivity index (χ1) is 10.1. The summed E-state index contributed by atoms with van der Waals surface area (Å²) in [6, 6.07) is 5.99. The lowest BCUT2D eigenvalue weighted by Gasteiger charge is -2.08. The molecule has 0 aliphatic rings. The van der Waals surface area contributed by atoms with Crippen LogP contribution in [0, 0.1) is 0 Å². The minimum absolute atomic E-state index is 0.0507. The number of alkyl halides is 2. The SMILES string of the molecule is FC(F)Oc1ccc(Nc2nc(Cl)nc3nc[nH]c23)cc1. The molecule has 0 atom stereocenters. The number of nitrogens with one attached hydrogen (secondary N) is 2. The molecule has 2 N–H and O–H groups in total. The zero-order chi connectivity index (χ0) is 14.8. The number of rotatable bonds is 4. The van der Waals surface area contributed by atoms with Crippen LogP contribution < -0.4 is 10.1 Å². The first-order valence-electron chi connectivity index (χ1n) is 5.80. The number of benzene rings is 1. The topological polar surface area (TPSA) is 75.7 Å². The number of hydrogen-bond acceptors (Lipinski definition) is 5. The van der Waals surface area contributed by atoms with Gasteiger partial charge in [0, 0.05) is 5.69 Å². The maximum atomic E-state index is 12.1. The van der Waals surface area contributed by atoms with Crippen LogP contribution in [0.2, 0.25) is 5.28 Å². The van der Waals surface area contributed by atoms with Crippen molar-refractivity contribution in [2.45, 2.75) is 6.61 Å². The van der Waals surface area contributed by atoms with Crippen molar-refractivity contribution in [3.05, 3.63) is 35.9 Å². The Morgan fingerprint density at radius 3 is 2.67 bits per heavy atom. The van der Waals surface area contributed by atoms with E-state index in [1.54, 1.807) is 12.1 Å². The second kappa shape index (κ2) is 5.49. The molecule has 9 heteroatoms. The van der Waals surface area contributed by atoms with Crippen molar-refractivity contribution in [1.82, 2.24) is 19.9 Å². The highest BCUT2D eigenvalue weighted by molar-refractivity contribution is 6.28. The molecule has 0 aliphatic heterocycles. The lowest BCUT2D eigenvalue weighted by Crippen LogP contribution is -2.02. The van der Waals surface area contributed by atoms with Gasteiger partial charge in [0.1, 0.15) is 11.3 Å². The smallest absolute Gasteiger partial charge is 0.387 e. The Kier molecular flexibility index (Phi) is 3.53. The molecule has 21 heavy (non-hydrogen) atoms. The fraction of sp³-hybridized carbons (Fsp3) is 0.0833. The molecule has 0 aliphatic carbocycles. The zero-order valence-electron chi connectivity index (χ0n) is 10.3. The van der Waals surface area contributed by atoms with Gasteiger partial charge in [-0.15, -0.1) is 0 Å². The number of aromatic nitrogens is 4. The molecule has 0 amide bonds. The Hall–Kier alpha value is -2.48. The molecule has 2 aromatic heterocycles. The molecule has 0 saturated heterocycles. The van der Waals surface area contributed by atoms with E-state index in [2.05, 4.69) is 30.0 Å². The number of halogens is 3. The number of anilines is 2. The third-order valence-electron chi connectivity index (χ3n) is 2.60. The first kappa shape index (κ1) is 13.5. The van der Waals surface area contributed by atoms with E-state index in [9.17, 15) is 8.78 Å². The summed E-state index contributed by atoms with van der Waals surface area (Å²) >= 11 is 5.81. The lowest BCUT2D eigenvalue weighted by molar-refractivity contribution is -0.0498. The van der Waals surface area contributed by atoms with Gasteiger partial charge in [0.25, 0.3) is 0 Å². The Balaban J connectivity index is 1.86. The van der Waals surface area contributed by atoms with Crippen LogP contribution in [-0.2, 0) is 0 Å². The number of hydrogen-bond donors (Lipinski definition) is 2. The van der Waals surface area contributed by atoms with Crippen LogP contribution in [-0.4, -0.2) is 26.5 Å². The van der Waals surface area contributed by atoms with Crippen molar-refractivity contribution in [2.75, 3.05) is 5.32 Å². The van der Waals surface area contributed by atoms with Crippen molar-refractivity contribution >= 4 is 34.3 Å². The highest BCUT2D eigenvalue weighted by Gasteiger charge is 2.09. The van der Waals surface area contributed by atoms with Gasteiger partial charge in [-0.3, -0.25) is 0 Å². The predicted molar refractivity (Wildman–Crippen MR) is 73.1 cm³/mol. The number of aromatic amines is 1. The Labute approximate surface area is 122 Å². The molecule has 6 nitrogen and oxygen atoms in total. The van der Waals surface area contributed by atoms with E-state index in [4.69, 9.17) is 11.6 Å². The molecular weight excluding hydrogens is 304 g/mol. The quantitative estimate of drug-likeness (QED) is 0.723. The molecule has 0 spiro atoms. The summed E-state index contributed by atoms with van der Waals surface area (Å²) < 4.78 is 28.4. The zero-order valence-corrected chi connectivity index (χ0v) is 11.1. The summed E-state index contributed by atoms with van der Waals surface area (Å²) in [5.74, 6) is 0.507. The number of imidazole rings is 1. The van der Waals surface area contributed by atoms with Gasteiger partial charge >= 0.3 is 6.61 Å². The van der Waals surface area contributed by atoms with Crippen molar-refractivity contribution in [1.29, 1.82) is 0 Å². The van der Waals surface area contributed by atoms with E-state index in [0.29, 0.717) is 22.7 Å². The van der Waals surface area contributed by atoms with E-state index in [1.165, 1.54) is 18.5 Å². The molecule has 0 fully saturated rings. The summed E-state index contributed by atoms with van der Waals surface area (Å²) in [7, 11) is 0. The van der Waals surface area contributed by atoms with Crippen molar-refractivity contribution in [3.8, 4) is 5.75 Å². The van der Waals surface area contributed by atoms with Gasteiger partial charge in [-0.25, -0.2) is 4.98 Å². The summed E-state index contributed by atoms with van der Waals surface area (Å²) in [5, 5.41) is 3.06. The first-order valence-corrected chi connectivity index (χ1v) is 6.18. The lowest BCUT2D eigenvalue weighted by atomic mass is 10.3. The second-order valence-corrected chi connectivity index (χ2v) is 4.31. The fourth-order valence-corrected chi connectivity index (χ4v) is 1.92. The molecule has 3 rings (SSSR count). The van der Waals surface area contributed by atoms with E-state index in [1.807, 2.05) is 0 Å². The monoisotopic (exact) mass is 311 g/mol. The molecule has 0 saturated carbocycles. The van der Waals surface area contributed by atoms with E-state index < -0.39 is 6.61 Å². The van der Waals surface area contributed by atoms with Crippen LogP contribution in [0.4, 0.5) is 20.3 Å². The number of ether oxygens (including phenoxy) is 1. The minimum atomic E-state index is -2.85. The van der Waals surface area contributed by atoms with Gasteiger partial charge < -0.3 is 15.0 Å². The Morgan fingerprint density at radius 2 is 1.95 bits per heavy atom. The summed E-state index contributed by atoms with van der Waals surface area (Å²) in [4.78, 5) is 14.9. The predicted octanol–water partition coefficient (Wildman–Crippen LogP) is 3.35. The number of nitrogens with zero attached hydrogens (tertiary/aromatic N) is 3.